The Balaban J connectivity index is 2.21. The number of carbonyl (C=O) groups excluding carboxylic acids is 2. The first-order valence-corrected chi connectivity index (χ1v) is 6.17. The van der Waals surface area contributed by atoms with E-state index in [-0.39, 0.29) is 15.8 Å². The molecule has 0 unspecified atom stereocenters. The highest BCUT2D eigenvalue weighted by molar-refractivity contribution is 7.80. The number of ether oxygens (including phenoxy) is 1. The van der Waals surface area contributed by atoms with Gasteiger partial charge in [-0.25, -0.2) is 9.59 Å². The Morgan fingerprint density at radius 3 is 2.37 bits per heavy atom. The van der Waals surface area contributed by atoms with Crippen LogP contribution in [0.2, 0.25) is 0 Å². The summed E-state index contributed by atoms with van der Waals surface area (Å²) in [5.41, 5.74) is 0.368. The molecule has 1 aromatic heterocycles. The second kappa shape index (κ2) is 5.81. The van der Waals surface area contributed by atoms with Crippen molar-refractivity contribution in [2.24, 2.45) is 0 Å². The van der Waals surface area contributed by atoms with Gasteiger partial charge in [0, 0.05) is 11.1 Å². The van der Waals surface area contributed by atoms with Gasteiger partial charge >= 0.3 is 11.9 Å². The van der Waals surface area contributed by atoms with Gasteiger partial charge in [0.15, 0.2) is 0 Å². The average Bonchev–Trinajstić information content (AvgIpc) is 2.39. The molecule has 0 aliphatic carbocycles. The molecule has 2 aromatic rings. The number of H-pyrrole nitrogens is 1. The summed E-state index contributed by atoms with van der Waals surface area (Å²) in [5.74, 6) is -1.54. The van der Waals surface area contributed by atoms with Crippen LogP contribution in [-0.4, -0.2) is 16.9 Å². The first-order chi connectivity index (χ1) is 9.09. The minimum absolute atomic E-state index is 0.141. The van der Waals surface area contributed by atoms with Crippen molar-refractivity contribution in [2.45, 2.75) is 4.90 Å². The van der Waals surface area contributed by atoms with E-state index in [1.165, 1.54) is 12.1 Å². The molecule has 6 heteroatoms. The van der Waals surface area contributed by atoms with E-state index >= 15 is 0 Å². The summed E-state index contributed by atoms with van der Waals surface area (Å²) in [6.45, 7) is 0. The first-order valence-electron chi connectivity index (χ1n) is 5.32. The van der Waals surface area contributed by atoms with Crippen LogP contribution in [0.4, 0.5) is 0 Å². The minimum Gasteiger partial charge on any atom is -0.386 e. The van der Waals surface area contributed by atoms with Crippen molar-refractivity contribution in [3.8, 4) is 0 Å². The smallest absolute Gasteiger partial charge is 0.349 e. The molecule has 0 aliphatic heterocycles. The Bertz CT molecular complexity index is 694. The maximum absolute atomic E-state index is 11.8. The summed E-state index contributed by atoms with van der Waals surface area (Å²) < 4.78 is 4.99. The zero-order chi connectivity index (χ0) is 13.8. The average molecular weight is 291 g/mol. The lowest BCUT2D eigenvalue weighted by molar-refractivity contribution is 0.0394. The molecule has 0 atom stereocenters. The lowest BCUT2D eigenvalue weighted by Crippen LogP contribution is -2.14. The van der Waals surface area contributed by atoms with Crippen LogP contribution >= 0.6 is 24.8 Å². The third kappa shape index (κ3) is 3.10. The van der Waals surface area contributed by atoms with Crippen LogP contribution in [0, 0.1) is 4.64 Å². The molecule has 1 aromatic carbocycles. The van der Waals surface area contributed by atoms with Gasteiger partial charge in [0.2, 0.25) is 0 Å². The number of hydrogen-bond donors (Lipinski definition) is 2. The van der Waals surface area contributed by atoms with Crippen molar-refractivity contribution in [1.82, 2.24) is 4.98 Å². The number of aromatic nitrogens is 1. The number of esters is 2. The van der Waals surface area contributed by atoms with Crippen LogP contribution < -0.4 is 0 Å². The van der Waals surface area contributed by atoms with Crippen molar-refractivity contribution in [3.05, 3.63) is 58.4 Å². The Morgan fingerprint density at radius 2 is 1.68 bits per heavy atom. The highest BCUT2D eigenvalue weighted by atomic mass is 32.1. The number of aromatic amines is 1. The molecule has 4 nitrogen and oxygen atoms in total. The van der Waals surface area contributed by atoms with Gasteiger partial charge in [-0.15, -0.1) is 12.6 Å². The van der Waals surface area contributed by atoms with E-state index in [0.717, 1.165) is 0 Å². The lowest BCUT2D eigenvalue weighted by Gasteiger charge is -2.04. The maximum Gasteiger partial charge on any atom is 0.349 e. The fourth-order valence-electron chi connectivity index (χ4n) is 1.42. The van der Waals surface area contributed by atoms with Gasteiger partial charge in [-0.3, -0.25) is 0 Å². The summed E-state index contributed by atoms with van der Waals surface area (Å²) >= 11 is 9.07. The quantitative estimate of drug-likeness (QED) is 0.386. The van der Waals surface area contributed by atoms with E-state index in [1.807, 2.05) is 0 Å². The van der Waals surface area contributed by atoms with Gasteiger partial charge in [0.05, 0.1) is 11.1 Å². The monoisotopic (exact) mass is 291 g/mol. The Hall–Kier alpha value is -1.92. The van der Waals surface area contributed by atoms with Crippen LogP contribution in [0.15, 0.2) is 47.5 Å². The first kappa shape index (κ1) is 13.5. The van der Waals surface area contributed by atoms with Gasteiger partial charge in [0.1, 0.15) is 4.64 Å². The molecule has 0 bridgehead atoms. The number of pyridine rings is 1. The topological polar surface area (TPSA) is 59.2 Å². The third-order valence-electron chi connectivity index (χ3n) is 2.35. The van der Waals surface area contributed by atoms with Gasteiger partial charge < -0.3 is 9.72 Å². The molecule has 0 aliphatic rings. The van der Waals surface area contributed by atoms with E-state index < -0.39 is 11.9 Å². The van der Waals surface area contributed by atoms with Crippen LogP contribution in [0.25, 0.3) is 0 Å². The fraction of sp³-hybridized carbons (Fsp3) is 0. The number of carbonyl (C=O) groups is 2. The predicted molar refractivity (Wildman–Crippen MR) is 75.1 cm³/mol. The highest BCUT2D eigenvalue weighted by Gasteiger charge is 2.17. The van der Waals surface area contributed by atoms with Gasteiger partial charge in [-0.2, -0.15) is 0 Å². The third-order valence-corrected chi connectivity index (χ3v) is 3.08. The number of hydrogen-bond acceptors (Lipinski definition) is 5. The second-order valence-electron chi connectivity index (χ2n) is 3.61. The zero-order valence-electron chi connectivity index (χ0n) is 9.62. The summed E-state index contributed by atoms with van der Waals surface area (Å²) in [6, 6.07) is 9.65. The van der Waals surface area contributed by atoms with Crippen molar-refractivity contribution < 1.29 is 14.3 Å². The van der Waals surface area contributed by atoms with E-state index in [9.17, 15) is 9.59 Å². The number of nitrogens with one attached hydrogen (secondary N) is 1. The van der Waals surface area contributed by atoms with Crippen molar-refractivity contribution in [3.63, 3.8) is 0 Å². The maximum atomic E-state index is 11.8. The molecule has 19 heavy (non-hydrogen) atoms. The Kier molecular flexibility index (Phi) is 4.13. The molecular weight excluding hydrogens is 282 g/mol. The highest BCUT2D eigenvalue weighted by Crippen LogP contribution is 2.15. The van der Waals surface area contributed by atoms with E-state index in [4.69, 9.17) is 17.0 Å². The molecule has 0 fully saturated rings. The van der Waals surface area contributed by atoms with Gasteiger partial charge in [0.25, 0.3) is 0 Å². The largest absolute Gasteiger partial charge is 0.386 e. The predicted octanol–water partition coefficient (Wildman–Crippen LogP) is 3.03. The van der Waals surface area contributed by atoms with Crippen molar-refractivity contribution >= 4 is 36.8 Å². The minimum atomic E-state index is -0.788. The summed E-state index contributed by atoms with van der Waals surface area (Å²) in [7, 11) is 0. The molecule has 1 heterocycles. The van der Waals surface area contributed by atoms with E-state index in [2.05, 4.69) is 17.6 Å². The standard InChI is InChI=1S/C13H9NO3S2/c15-12(8-4-1-2-6-10(8)18)17-13(16)9-5-3-7-14-11(9)19/h1-7,18H,(H,14,19). The van der Waals surface area contributed by atoms with Crippen LogP contribution in [0.5, 0.6) is 0 Å². The van der Waals surface area contributed by atoms with E-state index in [0.29, 0.717) is 4.90 Å². The number of rotatable bonds is 2. The molecule has 0 spiro atoms. The normalized spacial score (nSPS) is 9.95. The van der Waals surface area contributed by atoms with Crippen LogP contribution in [0.3, 0.4) is 0 Å². The molecule has 2 rings (SSSR count). The zero-order valence-corrected chi connectivity index (χ0v) is 11.3. The number of thiol groups is 1. The molecule has 0 radical (unpaired) electrons. The molecule has 0 saturated heterocycles. The molecule has 1 N–H and O–H groups in total. The molecular formula is C13H9NO3S2. The molecule has 96 valence electrons. The Labute approximate surface area is 119 Å². The van der Waals surface area contributed by atoms with E-state index in [1.54, 1.807) is 30.5 Å². The van der Waals surface area contributed by atoms with Crippen LogP contribution in [-0.2, 0) is 4.74 Å². The summed E-state index contributed by atoms with van der Waals surface area (Å²) in [6.07, 6.45) is 1.59. The summed E-state index contributed by atoms with van der Waals surface area (Å²) in [5, 5.41) is 0. The molecule has 0 saturated carbocycles. The van der Waals surface area contributed by atoms with Gasteiger partial charge in [-0.1, -0.05) is 24.4 Å². The lowest BCUT2D eigenvalue weighted by atomic mass is 10.2. The summed E-state index contributed by atoms with van der Waals surface area (Å²) in [4.78, 5) is 26.8. The molecule has 0 amide bonds. The Morgan fingerprint density at radius 1 is 1.05 bits per heavy atom. The number of benzene rings is 1. The second-order valence-corrected chi connectivity index (χ2v) is 4.50. The van der Waals surface area contributed by atoms with Gasteiger partial charge in [-0.05, 0) is 24.3 Å². The SMILES string of the molecule is O=C(OC(=O)c1ccc[nH]c1=S)c1ccccc1S. The van der Waals surface area contributed by atoms with Crippen LogP contribution in [0.1, 0.15) is 20.7 Å². The fourth-order valence-corrected chi connectivity index (χ4v) is 1.89. The van der Waals surface area contributed by atoms with Crippen molar-refractivity contribution in [2.75, 3.05) is 0 Å². The van der Waals surface area contributed by atoms with Crippen molar-refractivity contribution in [1.29, 1.82) is 0 Å².